The first-order valence-electron chi connectivity index (χ1n) is 7.64. The van der Waals surface area contributed by atoms with Gasteiger partial charge >= 0.3 is 0 Å². The molecular formula is C15H21FN6. The van der Waals surface area contributed by atoms with E-state index in [1.807, 2.05) is 0 Å². The van der Waals surface area contributed by atoms with Crippen LogP contribution in [0.4, 0.5) is 16.2 Å². The normalized spacial score (nSPS) is 14.3. The molecule has 0 amide bonds. The summed E-state index contributed by atoms with van der Waals surface area (Å²) in [5.74, 6) is 0.262. The van der Waals surface area contributed by atoms with Crippen LogP contribution in [0, 0.1) is 5.82 Å². The topological polar surface area (TPSA) is 69.7 Å². The lowest BCUT2D eigenvalue weighted by atomic mass is 10.1. The largest absolute Gasteiger partial charge is 0.360 e. The van der Waals surface area contributed by atoms with Crippen LogP contribution in [-0.2, 0) is 19.4 Å². The van der Waals surface area contributed by atoms with Crippen LogP contribution in [0.3, 0.4) is 0 Å². The maximum atomic E-state index is 13.6. The number of fused-ring (bicyclic) bond motifs is 1. The zero-order valence-electron chi connectivity index (χ0n) is 13.0. The molecule has 2 heterocycles. The van der Waals surface area contributed by atoms with Crippen LogP contribution in [-0.4, -0.2) is 34.3 Å². The van der Waals surface area contributed by atoms with Crippen molar-refractivity contribution in [3.05, 3.63) is 29.0 Å². The molecule has 0 atom stereocenters. The van der Waals surface area contributed by atoms with Gasteiger partial charge in [-0.1, -0.05) is 6.42 Å². The van der Waals surface area contributed by atoms with E-state index in [0.29, 0.717) is 12.5 Å². The Hall–Kier alpha value is -2.18. The molecule has 2 aromatic heterocycles. The molecule has 22 heavy (non-hydrogen) atoms. The highest BCUT2D eigenvalue weighted by Gasteiger charge is 2.16. The Morgan fingerprint density at radius 3 is 2.91 bits per heavy atom. The van der Waals surface area contributed by atoms with Crippen molar-refractivity contribution >= 4 is 11.8 Å². The number of H-pyrrole nitrogens is 1. The number of aromatic amines is 1. The molecule has 1 aliphatic carbocycles. The van der Waals surface area contributed by atoms with Gasteiger partial charge in [0.15, 0.2) is 11.6 Å². The highest BCUT2D eigenvalue weighted by Crippen LogP contribution is 2.22. The summed E-state index contributed by atoms with van der Waals surface area (Å²) in [7, 11) is 3.51. The van der Waals surface area contributed by atoms with E-state index in [4.69, 9.17) is 0 Å². The number of anilines is 2. The van der Waals surface area contributed by atoms with Crippen LogP contribution in [0.1, 0.15) is 36.2 Å². The Morgan fingerprint density at radius 2 is 2.09 bits per heavy atom. The van der Waals surface area contributed by atoms with Gasteiger partial charge in [-0.15, -0.1) is 0 Å². The summed E-state index contributed by atoms with van der Waals surface area (Å²) < 4.78 is 13.6. The minimum atomic E-state index is -0.427. The second-order valence-electron chi connectivity index (χ2n) is 5.80. The maximum Gasteiger partial charge on any atom is 0.225 e. The molecule has 0 radical (unpaired) electrons. The van der Waals surface area contributed by atoms with Crippen LogP contribution < -0.4 is 10.2 Å². The van der Waals surface area contributed by atoms with E-state index in [-0.39, 0.29) is 5.82 Å². The summed E-state index contributed by atoms with van der Waals surface area (Å²) in [6, 6.07) is 0. The first-order valence-corrected chi connectivity index (χ1v) is 7.64. The predicted molar refractivity (Wildman–Crippen MR) is 83.5 cm³/mol. The van der Waals surface area contributed by atoms with Crippen LogP contribution in [0.2, 0.25) is 0 Å². The van der Waals surface area contributed by atoms with Crippen LogP contribution in [0.5, 0.6) is 0 Å². The van der Waals surface area contributed by atoms with Crippen molar-refractivity contribution in [1.82, 2.24) is 20.2 Å². The second kappa shape index (κ2) is 6.29. The molecule has 7 heteroatoms. The number of nitrogens with one attached hydrogen (secondary N) is 2. The third-order valence-electron chi connectivity index (χ3n) is 3.96. The van der Waals surface area contributed by atoms with Gasteiger partial charge in [-0.2, -0.15) is 10.1 Å². The van der Waals surface area contributed by atoms with E-state index >= 15 is 0 Å². The smallest absolute Gasteiger partial charge is 0.225 e. The molecule has 0 saturated carbocycles. The van der Waals surface area contributed by atoms with Crippen molar-refractivity contribution < 1.29 is 4.39 Å². The lowest BCUT2D eigenvalue weighted by Gasteiger charge is -2.13. The zero-order chi connectivity index (χ0) is 15.5. The van der Waals surface area contributed by atoms with Gasteiger partial charge in [0.2, 0.25) is 5.95 Å². The standard InChI is InChI=1S/C15H21FN6/c1-22(2)14-11(16)8-17-15(19-14)18-9-13-10-6-4-3-5-7-12(10)20-21-13/h8H,3-7,9H2,1-2H3,(H,20,21)(H,17,18,19). The van der Waals surface area contributed by atoms with E-state index in [1.54, 1.807) is 19.0 Å². The third-order valence-corrected chi connectivity index (χ3v) is 3.96. The van der Waals surface area contributed by atoms with E-state index in [9.17, 15) is 4.39 Å². The predicted octanol–water partition coefficient (Wildman–Crippen LogP) is 2.29. The van der Waals surface area contributed by atoms with Crippen molar-refractivity contribution in [3.63, 3.8) is 0 Å². The molecule has 0 saturated heterocycles. The molecule has 1 aliphatic rings. The second-order valence-corrected chi connectivity index (χ2v) is 5.80. The minimum Gasteiger partial charge on any atom is -0.360 e. The molecule has 0 spiro atoms. The number of aromatic nitrogens is 4. The maximum absolute atomic E-state index is 13.6. The van der Waals surface area contributed by atoms with Crippen molar-refractivity contribution in [1.29, 1.82) is 0 Å². The number of hydrogen-bond donors (Lipinski definition) is 2. The Kier molecular flexibility index (Phi) is 4.22. The van der Waals surface area contributed by atoms with E-state index in [0.717, 1.165) is 18.5 Å². The molecule has 2 aromatic rings. The zero-order valence-corrected chi connectivity index (χ0v) is 13.0. The Bertz CT molecular complexity index is 651. The van der Waals surface area contributed by atoms with E-state index in [2.05, 4.69) is 25.5 Å². The van der Waals surface area contributed by atoms with Crippen LogP contribution >= 0.6 is 0 Å². The van der Waals surface area contributed by atoms with Crippen LogP contribution in [0.15, 0.2) is 6.20 Å². The van der Waals surface area contributed by atoms with Gasteiger partial charge in [0.25, 0.3) is 0 Å². The number of rotatable bonds is 4. The molecule has 0 unspecified atom stereocenters. The first-order chi connectivity index (χ1) is 10.6. The summed E-state index contributed by atoms with van der Waals surface area (Å²) >= 11 is 0. The fourth-order valence-electron chi connectivity index (χ4n) is 2.79. The Morgan fingerprint density at radius 1 is 1.27 bits per heavy atom. The highest BCUT2D eigenvalue weighted by atomic mass is 19.1. The molecule has 0 fully saturated rings. The lowest BCUT2D eigenvalue weighted by molar-refractivity contribution is 0.612. The fourth-order valence-corrected chi connectivity index (χ4v) is 2.79. The Balaban J connectivity index is 1.73. The average molecular weight is 304 g/mol. The van der Waals surface area contributed by atoms with Gasteiger partial charge < -0.3 is 10.2 Å². The third kappa shape index (κ3) is 3.03. The molecule has 118 valence electrons. The highest BCUT2D eigenvalue weighted by molar-refractivity contribution is 5.42. The van der Waals surface area contributed by atoms with Gasteiger partial charge in [0.1, 0.15) is 0 Å². The summed E-state index contributed by atoms with van der Waals surface area (Å²) in [5, 5.41) is 10.7. The summed E-state index contributed by atoms with van der Waals surface area (Å²) in [6.07, 6.45) is 7.02. The summed E-state index contributed by atoms with van der Waals surface area (Å²) in [6.45, 7) is 0.546. The lowest BCUT2D eigenvalue weighted by Crippen LogP contribution is -2.15. The van der Waals surface area contributed by atoms with Gasteiger partial charge in [-0.05, 0) is 31.2 Å². The van der Waals surface area contributed by atoms with E-state index < -0.39 is 5.82 Å². The molecule has 0 bridgehead atoms. The van der Waals surface area contributed by atoms with Crippen molar-refractivity contribution in [2.24, 2.45) is 0 Å². The number of nitrogens with zero attached hydrogens (tertiary/aromatic N) is 4. The van der Waals surface area contributed by atoms with E-state index in [1.165, 1.54) is 36.7 Å². The molecule has 6 nitrogen and oxygen atoms in total. The molecule has 0 aromatic carbocycles. The van der Waals surface area contributed by atoms with Gasteiger partial charge in [0, 0.05) is 19.8 Å². The summed E-state index contributed by atoms with van der Waals surface area (Å²) in [4.78, 5) is 9.81. The quantitative estimate of drug-likeness (QED) is 0.848. The monoisotopic (exact) mass is 304 g/mol. The van der Waals surface area contributed by atoms with Gasteiger partial charge in [-0.25, -0.2) is 9.37 Å². The number of aryl methyl sites for hydroxylation is 1. The minimum absolute atomic E-state index is 0.276. The average Bonchev–Trinajstić information content (AvgIpc) is 2.73. The first kappa shape index (κ1) is 14.7. The SMILES string of the molecule is CN(C)c1nc(NCc2n[nH]c3c2CCCCC3)ncc1F. The fraction of sp³-hybridized carbons (Fsp3) is 0.533. The summed E-state index contributed by atoms with van der Waals surface area (Å²) in [5.41, 5.74) is 3.58. The Labute approximate surface area is 129 Å². The molecular weight excluding hydrogens is 283 g/mol. The van der Waals surface area contributed by atoms with Gasteiger partial charge in [-0.3, -0.25) is 5.10 Å². The van der Waals surface area contributed by atoms with Crippen molar-refractivity contribution in [2.45, 2.75) is 38.6 Å². The van der Waals surface area contributed by atoms with Crippen molar-refractivity contribution in [2.75, 3.05) is 24.3 Å². The number of hydrogen-bond acceptors (Lipinski definition) is 5. The molecule has 2 N–H and O–H groups in total. The van der Waals surface area contributed by atoms with Crippen molar-refractivity contribution in [3.8, 4) is 0 Å². The number of halogens is 1. The van der Waals surface area contributed by atoms with Gasteiger partial charge in [0.05, 0.1) is 18.4 Å². The molecule has 0 aliphatic heterocycles. The molecule has 3 rings (SSSR count). The van der Waals surface area contributed by atoms with Crippen LogP contribution in [0.25, 0.3) is 0 Å².